The van der Waals surface area contributed by atoms with Crippen LogP contribution in [0, 0.1) is 13.8 Å². The second kappa shape index (κ2) is 8.87. The van der Waals surface area contributed by atoms with Crippen LogP contribution in [0.4, 0.5) is 5.69 Å². The lowest BCUT2D eigenvalue weighted by Crippen LogP contribution is -2.29. The van der Waals surface area contributed by atoms with Crippen LogP contribution in [0.5, 0.6) is 0 Å². The molecule has 0 heterocycles. The van der Waals surface area contributed by atoms with E-state index < -0.39 is 0 Å². The van der Waals surface area contributed by atoms with Gasteiger partial charge in [-0.25, -0.2) is 0 Å². The number of aryl methyl sites for hydroxylation is 2. The summed E-state index contributed by atoms with van der Waals surface area (Å²) in [5.74, 6) is -0.532. The van der Waals surface area contributed by atoms with Crippen LogP contribution in [-0.2, 0) is 16.0 Å². The third-order valence-electron chi connectivity index (χ3n) is 4.01. The maximum absolute atomic E-state index is 12.0. The van der Waals surface area contributed by atoms with E-state index in [0.717, 1.165) is 29.7 Å². The Morgan fingerprint density at radius 2 is 1.67 bits per heavy atom. The van der Waals surface area contributed by atoms with Gasteiger partial charge in [0.2, 0.25) is 11.8 Å². The number of nitrogens with one attached hydrogen (secondary N) is 2. The summed E-state index contributed by atoms with van der Waals surface area (Å²) in [5.41, 5.74) is 4.14. The molecule has 126 valence electrons. The Hall–Kier alpha value is -2.62. The van der Waals surface area contributed by atoms with Gasteiger partial charge in [-0.05, 0) is 49.4 Å². The number of anilines is 1. The van der Waals surface area contributed by atoms with Crippen molar-refractivity contribution in [3.8, 4) is 0 Å². The number of hydrogen-bond donors (Lipinski definition) is 2. The molecular formula is C20H24N2O2. The highest BCUT2D eigenvalue weighted by Crippen LogP contribution is 2.17. The van der Waals surface area contributed by atoms with Gasteiger partial charge in [0.15, 0.2) is 0 Å². The minimum atomic E-state index is -0.288. The second-order valence-electron chi connectivity index (χ2n) is 5.91. The molecule has 0 aliphatic carbocycles. The van der Waals surface area contributed by atoms with E-state index in [9.17, 15) is 9.59 Å². The van der Waals surface area contributed by atoms with Crippen molar-refractivity contribution in [3.05, 3.63) is 65.2 Å². The summed E-state index contributed by atoms with van der Waals surface area (Å²) in [6.07, 6.45) is 1.61. The molecule has 0 aliphatic heterocycles. The minimum Gasteiger partial charge on any atom is -0.356 e. The molecule has 2 aromatic carbocycles. The van der Waals surface area contributed by atoms with E-state index in [1.165, 1.54) is 5.56 Å². The predicted octanol–water partition coefficient (Wildman–Crippen LogP) is 3.38. The quantitative estimate of drug-likeness (QED) is 0.606. The van der Waals surface area contributed by atoms with Crippen LogP contribution in [0.15, 0.2) is 48.5 Å². The van der Waals surface area contributed by atoms with Crippen LogP contribution < -0.4 is 10.6 Å². The number of hydrogen-bond acceptors (Lipinski definition) is 2. The number of rotatable bonds is 7. The predicted molar refractivity (Wildman–Crippen MR) is 96.9 cm³/mol. The van der Waals surface area contributed by atoms with Crippen molar-refractivity contribution in [2.24, 2.45) is 0 Å². The normalized spacial score (nSPS) is 10.2. The van der Waals surface area contributed by atoms with E-state index >= 15 is 0 Å². The average molecular weight is 324 g/mol. The molecule has 2 N–H and O–H groups in total. The molecule has 0 unspecified atom stereocenters. The van der Waals surface area contributed by atoms with Crippen molar-refractivity contribution in [1.82, 2.24) is 5.32 Å². The van der Waals surface area contributed by atoms with E-state index in [2.05, 4.69) is 22.8 Å². The number of carbonyl (C=O) groups is 2. The smallest absolute Gasteiger partial charge is 0.233 e. The highest BCUT2D eigenvalue weighted by molar-refractivity contribution is 6.03. The maximum Gasteiger partial charge on any atom is 0.233 e. The molecule has 4 nitrogen and oxygen atoms in total. The van der Waals surface area contributed by atoms with Gasteiger partial charge >= 0.3 is 0 Å². The van der Waals surface area contributed by atoms with Crippen molar-refractivity contribution < 1.29 is 9.59 Å². The van der Waals surface area contributed by atoms with Crippen molar-refractivity contribution in [1.29, 1.82) is 0 Å². The van der Waals surface area contributed by atoms with E-state index in [-0.39, 0.29) is 18.2 Å². The molecule has 0 fully saturated rings. The Bertz CT molecular complexity index is 696. The summed E-state index contributed by atoms with van der Waals surface area (Å²) in [4.78, 5) is 23.8. The van der Waals surface area contributed by atoms with Crippen LogP contribution in [0.25, 0.3) is 0 Å². The minimum absolute atomic E-state index is 0.154. The zero-order chi connectivity index (χ0) is 17.4. The lowest BCUT2D eigenvalue weighted by molar-refractivity contribution is -0.126. The lowest BCUT2D eigenvalue weighted by atomic mass is 10.1. The Labute approximate surface area is 143 Å². The molecule has 4 heteroatoms. The first-order valence-corrected chi connectivity index (χ1v) is 8.23. The molecule has 2 rings (SSSR count). The first-order chi connectivity index (χ1) is 11.6. The van der Waals surface area contributed by atoms with Crippen LogP contribution in [-0.4, -0.2) is 18.4 Å². The van der Waals surface area contributed by atoms with Gasteiger partial charge < -0.3 is 10.6 Å². The standard InChI is InChI=1S/C20H24N2O2/c1-15-8-6-12-18(16(15)2)22-20(24)14-19(23)21-13-7-11-17-9-4-3-5-10-17/h3-6,8-10,12H,7,11,13-14H2,1-2H3,(H,21,23)(H,22,24). The van der Waals surface area contributed by atoms with Gasteiger partial charge in [0.05, 0.1) is 0 Å². The van der Waals surface area contributed by atoms with E-state index in [4.69, 9.17) is 0 Å². The largest absolute Gasteiger partial charge is 0.356 e. The first kappa shape index (κ1) is 17.7. The Morgan fingerprint density at radius 1 is 0.917 bits per heavy atom. The number of benzene rings is 2. The van der Waals surface area contributed by atoms with Crippen LogP contribution in [0.2, 0.25) is 0 Å². The molecule has 0 radical (unpaired) electrons. The third-order valence-corrected chi connectivity index (χ3v) is 4.01. The van der Waals surface area contributed by atoms with Gasteiger partial charge in [0.1, 0.15) is 6.42 Å². The second-order valence-corrected chi connectivity index (χ2v) is 5.91. The van der Waals surface area contributed by atoms with Gasteiger partial charge in [-0.15, -0.1) is 0 Å². The van der Waals surface area contributed by atoms with Crippen molar-refractivity contribution in [2.45, 2.75) is 33.1 Å². The van der Waals surface area contributed by atoms with Crippen LogP contribution in [0.3, 0.4) is 0 Å². The van der Waals surface area contributed by atoms with Gasteiger partial charge in [-0.1, -0.05) is 42.5 Å². The fraction of sp³-hybridized carbons (Fsp3) is 0.300. The van der Waals surface area contributed by atoms with Gasteiger partial charge in [-0.3, -0.25) is 9.59 Å². The zero-order valence-corrected chi connectivity index (χ0v) is 14.3. The topological polar surface area (TPSA) is 58.2 Å². The molecule has 2 amide bonds. The SMILES string of the molecule is Cc1cccc(NC(=O)CC(=O)NCCCc2ccccc2)c1C. The van der Waals surface area contributed by atoms with Crippen molar-refractivity contribution in [3.63, 3.8) is 0 Å². The fourth-order valence-corrected chi connectivity index (χ4v) is 2.45. The molecule has 0 aromatic heterocycles. The van der Waals surface area contributed by atoms with Crippen LogP contribution in [0.1, 0.15) is 29.5 Å². The molecule has 2 aromatic rings. The van der Waals surface area contributed by atoms with Crippen molar-refractivity contribution >= 4 is 17.5 Å². The average Bonchev–Trinajstić information content (AvgIpc) is 2.57. The lowest BCUT2D eigenvalue weighted by Gasteiger charge is -2.10. The molecule has 24 heavy (non-hydrogen) atoms. The monoisotopic (exact) mass is 324 g/mol. The molecule has 0 bridgehead atoms. The summed E-state index contributed by atoms with van der Waals surface area (Å²) in [6.45, 7) is 4.52. The molecule has 0 atom stereocenters. The Kier molecular flexibility index (Phi) is 6.55. The molecule has 0 spiro atoms. The summed E-state index contributed by atoms with van der Waals surface area (Å²) in [7, 11) is 0. The van der Waals surface area contributed by atoms with Crippen molar-refractivity contribution in [2.75, 3.05) is 11.9 Å². The maximum atomic E-state index is 12.0. The fourth-order valence-electron chi connectivity index (χ4n) is 2.45. The van der Waals surface area contributed by atoms with Crippen LogP contribution >= 0.6 is 0 Å². The summed E-state index contributed by atoms with van der Waals surface area (Å²) >= 11 is 0. The number of carbonyl (C=O) groups excluding carboxylic acids is 2. The highest BCUT2D eigenvalue weighted by Gasteiger charge is 2.10. The first-order valence-electron chi connectivity index (χ1n) is 8.23. The Balaban J connectivity index is 1.70. The summed E-state index contributed by atoms with van der Waals surface area (Å²) in [5, 5.41) is 5.59. The third kappa shape index (κ3) is 5.54. The summed E-state index contributed by atoms with van der Waals surface area (Å²) < 4.78 is 0. The molecule has 0 aliphatic rings. The number of amides is 2. The Morgan fingerprint density at radius 3 is 2.42 bits per heavy atom. The van der Waals surface area contributed by atoms with Gasteiger partial charge in [0, 0.05) is 12.2 Å². The zero-order valence-electron chi connectivity index (χ0n) is 14.3. The summed E-state index contributed by atoms with van der Waals surface area (Å²) in [6, 6.07) is 15.9. The van der Waals surface area contributed by atoms with Gasteiger partial charge in [-0.2, -0.15) is 0 Å². The molecule has 0 saturated heterocycles. The van der Waals surface area contributed by atoms with E-state index in [1.54, 1.807) is 0 Å². The van der Waals surface area contributed by atoms with E-state index in [1.807, 2.05) is 50.2 Å². The van der Waals surface area contributed by atoms with Gasteiger partial charge in [0.25, 0.3) is 0 Å². The molecule has 0 saturated carbocycles. The molecular weight excluding hydrogens is 300 g/mol. The van der Waals surface area contributed by atoms with E-state index in [0.29, 0.717) is 6.54 Å². The highest BCUT2D eigenvalue weighted by atomic mass is 16.2.